The highest BCUT2D eigenvalue weighted by atomic mass is 16.5. The van der Waals surface area contributed by atoms with Crippen LogP contribution in [0.15, 0.2) is 48.5 Å². The van der Waals surface area contributed by atoms with Gasteiger partial charge in [0.25, 0.3) is 5.91 Å². The van der Waals surface area contributed by atoms with E-state index in [2.05, 4.69) is 16.3 Å². The molecule has 1 aliphatic heterocycles. The van der Waals surface area contributed by atoms with Gasteiger partial charge in [-0.25, -0.2) is 0 Å². The van der Waals surface area contributed by atoms with Gasteiger partial charge in [-0.3, -0.25) is 4.79 Å². The second-order valence-electron chi connectivity index (χ2n) is 5.43. The molecule has 1 saturated heterocycles. The first-order chi connectivity index (χ1) is 10.8. The molecular weight excluding hydrogens is 276 g/mol. The molecule has 0 bridgehead atoms. The molecule has 1 heterocycles. The molecule has 0 aromatic heterocycles. The summed E-state index contributed by atoms with van der Waals surface area (Å²) in [5, 5.41) is 2.91. The summed E-state index contributed by atoms with van der Waals surface area (Å²) in [4.78, 5) is 14.7. The van der Waals surface area contributed by atoms with E-state index in [9.17, 15) is 4.79 Å². The summed E-state index contributed by atoms with van der Waals surface area (Å²) in [6.07, 6.45) is 2.45. The molecule has 114 valence electrons. The zero-order chi connectivity index (χ0) is 15.4. The predicted octanol–water partition coefficient (Wildman–Crippen LogP) is 3.55. The Morgan fingerprint density at radius 1 is 1.09 bits per heavy atom. The molecule has 0 atom stereocenters. The van der Waals surface area contributed by atoms with E-state index in [1.807, 2.05) is 42.5 Å². The van der Waals surface area contributed by atoms with Crippen LogP contribution in [-0.2, 0) is 0 Å². The molecule has 0 saturated carbocycles. The number of nitrogens with zero attached hydrogens (tertiary/aromatic N) is 1. The minimum absolute atomic E-state index is 0.0915. The third-order valence-electron chi connectivity index (χ3n) is 3.93. The van der Waals surface area contributed by atoms with Gasteiger partial charge < -0.3 is 15.0 Å². The zero-order valence-electron chi connectivity index (χ0n) is 12.7. The highest BCUT2D eigenvalue weighted by Gasteiger charge is 2.14. The molecule has 2 aromatic carbocycles. The van der Waals surface area contributed by atoms with E-state index >= 15 is 0 Å². The Hall–Kier alpha value is -2.49. The molecule has 1 amide bonds. The highest BCUT2D eigenvalue weighted by molar-refractivity contribution is 6.04. The van der Waals surface area contributed by atoms with Crippen molar-refractivity contribution in [2.45, 2.75) is 12.8 Å². The van der Waals surface area contributed by atoms with Crippen LogP contribution in [0.5, 0.6) is 5.75 Å². The lowest BCUT2D eigenvalue weighted by molar-refractivity contribution is 0.102. The average Bonchev–Trinajstić information content (AvgIpc) is 3.10. The molecule has 4 nitrogen and oxygen atoms in total. The Morgan fingerprint density at radius 3 is 2.50 bits per heavy atom. The number of hydrogen-bond donors (Lipinski definition) is 1. The van der Waals surface area contributed by atoms with Gasteiger partial charge in [0.1, 0.15) is 5.75 Å². The van der Waals surface area contributed by atoms with Crippen molar-refractivity contribution in [2.24, 2.45) is 0 Å². The van der Waals surface area contributed by atoms with E-state index in [1.165, 1.54) is 12.8 Å². The second kappa shape index (κ2) is 6.52. The smallest absolute Gasteiger partial charge is 0.255 e. The van der Waals surface area contributed by atoms with Crippen molar-refractivity contribution in [1.29, 1.82) is 0 Å². The van der Waals surface area contributed by atoms with E-state index < -0.39 is 0 Å². The number of benzene rings is 2. The van der Waals surface area contributed by atoms with Crippen LogP contribution in [0, 0.1) is 0 Å². The first-order valence-corrected chi connectivity index (χ1v) is 7.57. The van der Waals surface area contributed by atoms with Gasteiger partial charge in [0.05, 0.1) is 7.11 Å². The van der Waals surface area contributed by atoms with E-state index in [0.717, 1.165) is 30.2 Å². The fraction of sp³-hybridized carbons (Fsp3) is 0.278. The van der Waals surface area contributed by atoms with E-state index in [1.54, 1.807) is 7.11 Å². The van der Waals surface area contributed by atoms with Gasteiger partial charge >= 0.3 is 0 Å². The van der Waals surface area contributed by atoms with Crippen LogP contribution in [0.1, 0.15) is 23.2 Å². The van der Waals surface area contributed by atoms with Gasteiger partial charge in [-0.15, -0.1) is 0 Å². The molecule has 1 fully saturated rings. The van der Waals surface area contributed by atoms with E-state index in [0.29, 0.717) is 5.56 Å². The number of amides is 1. The van der Waals surface area contributed by atoms with Crippen molar-refractivity contribution in [1.82, 2.24) is 0 Å². The Balaban J connectivity index is 1.72. The standard InChI is InChI=1S/C18H20N2O2/c1-22-17-9-7-15(8-10-17)19-18(21)14-5-4-6-16(13-14)20-11-2-3-12-20/h4-10,13H,2-3,11-12H2,1H3,(H,19,21). The Morgan fingerprint density at radius 2 is 1.82 bits per heavy atom. The predicted molar refractivity (Wildman–Crippen MR) is 88.8 cm³/mol. The lowest BCUT2D eigenvalue weighted by Gasteiger charge is -2.18. The molecule has 4 heteroatoms. The molecule has 1 aliphatic rings. The molecule has 1 N–H and O–H groups in total. The van der Waals surface area contributed by atoms with Crippen LogP contribution in [0.25, 0.3) is 0 Å². The maximum absolute atomic E-state index is 12.4. The third kappa shape index (κ3) is 3.22. The van der Waals surface area contributed by atoms with Gasteiger partial charge in [-0.05, 0) is 55.3 Å². The Labute approximate surface area is 130 Å². The molecule has 0 unspecified atom stereocenters. The monoisotopic (exact) mass is 296 g/mol. The summed E-state index contributed by atoms with van der Waals surface area (Å²) in [5.74, 6) is 0.681. The molecule has 22 heavy (non-hydrogen) atoms. The molecule has 0 radical (unpaired) electrons. The largest absolute Gasteiger partial charge is 0.497 e. The van der Waals surface area contributed by atoms with Gasteiger partial charge in [-0.2, -0.15) is 0 Å². The number of methoxy groups -OCH3 is 1. The summed E-state index contributed by atoms with van der Waals surface area (Å²) in [6, 6.07) is 15.1. The summed E-state index contributed by atoms with van der Waals surface area (Å²) < 4.78 is 5.11. The van der Waals surface area contributed by atoms with Crippen LogP contribution in [0.4, 0.5) is 11.4 Å². The van der Waals surface area contributed by atoms with Gasteiger partial charge in [0.15, 0.2) is 0 Å². The fourth-order valence-corrected chi connectivity index (χ4v) is 2.70. The first kappa shape index (κ1) is 14.4. The van der Waals surface area contributed by atoms with E-state index in [-0.39, 0.29) is 5.91 Å². The summed E-state index contributed by atoms with van der Waals surface area (Å²) >= 11 is 0. The van der Waals surface area contributed by atoms with Gasteiger partial charge in [-0.1, -0.05) is 6.07 Å². The number of ether oxygens (including phenoxy) is 1. The summed E-state index contributed by atoms with van der Waals surface area (Å²) in [6.45, 7) is 2.15. The maximum atomic E-state index is 12.4. The molecule has 2 aromatic rings. The minimum Gasteiger partial charge on any atom is -0.497 e. The first-order valence-electron chi connectivity index (χ1n) is 7.57. The van der Waals surface area contributed by atoms with Crippen molar-refractivity contribution in [3.63, 3.8) is 0 Å². The second-order valence-corrected chi connectivity index (χ2v) is 5.43. The number of carbonyl (C=O) groups is 1. The van der Waals surface area contributed by atoms with Gasteiger partial charge in [0, 0.05) is 30.0 Å². The number of hydrogen-bond acceptors (Lipinski definition) is 3. The van der Waals surface area contributed by atoms with Crippen LogP contribution in [-0.4, -0.2) is 26.1 Å². The lowest BCUT2D eigenvalue weighted by Crippen LogP contribution is -2.18. The lowest BCUT2D eigenvalue weighted by atomic mass is 10.1. The average molecular weight is 296 g/mol. The third-order valence-corrected chi connectivity index (χ3v) is 3.93. The number of carbonyl (C=O) groups excluding carboxylic acids is 1. The Kier molecular flexibility index (Phi) is 4.28. The minimum atomic E-state index is -0.0915. The molecule has 3 rings (SSSR count). The van der Waals surface area contributed by atoms with Crippen LogP contribution >= 0.6 is 0 Å². The number of anilines is 2. The quantitative estimate of drug-likeness (QED) is 0.938. The maximum Gasteiger partial charge on any atom is 0.255 e. The molecular formula is C18H20N2O2. The van der Waals surface area contributed by atoms with Gasteiger partial charge in [0.2, 0.25) is 0 Å². The molecule has 0 aliphatic carbocycles. The Bertz CT molecular complexity index is 646. The van der Waals surface area contributed by atoms with Crippen LogP contribution in [0.2, 0.25) is 0 Å². The van der Waals surface area contributed by atoms with Crippen molar-refractivity contribution in [2.75, 3.05) is 30.4 Å². The molecule has 0 spiro atoms. The fourth-order valence-electron chi connectivity index (χ4n) is 2.70. The van der Waals surface area contributed by atoms with Crippen molar-refractivity contribution in [3.05, 3.63) is 54.1 Å². The highest BCUT2D eigenvalue weighted by Crippen LogP contribution is 2.22. The summed E-state index contributed by atoms with van der Waals surface area (Å²) in [7, 11) is 1.62. The normalized spacial score (nSPS) is 14.0. The number of rotatable bonds is 4. The number of nitrogens with one attached hydrogen (secondary N) is 1. The van der Waals surface area contributed by atoms with Crippen molar-refractivity contribution >= 4 is 17.3 Å². The summed E-state index contributed by atoms with van der Waals surface area (Å²) in [5.41, 5.74) is 2.57. The van der Waals surface area contributed by atoms with Crippen molar-refractivity contribution in [3.8, 4) is 5.75 Å². The van der Waals surface area contributed by atoms with Crippen LogP contribution in [0.3, 0.4) is 0 Å². The SMILES string of the molecule is COc1ccc(NC(=O)c2cccc(N3CCCC3)c2)cc1. The van der Waals surface area contributed by atoms with E-state index in [4.69, 9.17) is 4.74 Å². The topological polar surface area (TPSA) is 41.6 Å². The van der Waals surface area contributed by atoms with Crippen molar-refractivity contribution < 1.29 is 9.53 Å². The zero-order valence-corrected chi connectivity index (χ0v) is 12.7. The van der Waals surface area contributed by atoms with Crippen LogP contribution < -0.4 is 15.0 Å².